The highest BCUT2D eigenvalue weighted by atomic mass is 35.5. The first-order valence-corrected chi connectivity index (χ1v) is 5.66. The van der Waals surface area contributed by atoms with Gasteiger partial charge in [0.15, 0.2) is 5.82 Å². The Hall–Kier alpha value is -1.56. The monoisotopic (exact) mass is 258 g/mol. The molecular formula is C10H15ClN4O2. The molecule has 0 aromatic carbocycles. The minimum atomic E-state index is -0.408. The van der Waals surface area contributed by atoms with Crippen molar-refractivity contribution in [2.24, 2.45) is 0 Å². The van der Waals surface area contributed by atoms with E-state index >= 15 is 0 Å². The Morgan fingerprint density at radius 3 is 2.94 bits per heavy atom. The first kappa shape index (κ1) is 13.5. The molecule has 0 unspecified atom stereocenters. The fraction of sp³-hybridized carbons (Fsp3) is 0.500. The van der Waals surface area contributed by atoms with Crippen LogP contribution in [0.3, 0.4) is 0 Å². The van der Waals surface area contributed by atoms with Crippen LogP contribution in [0.4, 0.5) is 5.82 Å². The molecule has 0 atom stereocenters. The lowest BCUT2D eigenvalue weighted by Crippen LogP contribution is -2.37. The number of halogens is 1. The second-order valence-electron chi connectivity index (χ2n) is 3.46. The summed E-state index contributed by atoms with van der Waals surface area (Å²) in [5.74, 6) is 0.178. The summed E-state index contributed by atoms with van der Waals surface area (Å²) in [6, 6.07) is 0. The zero-order valence-corrected chi connectivity index (χ0v) is 10.5. The number of carbonyl (C=O) groups is 1. The van der Waals surface area contributed by atoms with E-state index in [4.69, 9.17) is 11.6 Å². The van der Waals surface area contributed by atoms with Gasteiger partial charge in [0.05, 0.1) is 12.9 Å². The van der Waals surface area contributed by atoms with E-state index in [-0.39, 0.29) is 17.5 Å². The van der Waals surface area contributed by atoms with Crippen molar-refractivity contribution < 1.29 is 4.79 Å². The van der Waals surface area contributed by atoms with E-state index in [9.17, 15) is 9.59 Å². The van der Waals surface area contributed by atoms with E-state index in [2.05, 4.69) is 15.3 Å². The maximum absolute atomic E-state index is 11.4. The number of hydrogen-bond acceptors (Lipinski definition) is 4. The summed E-state index contributed by atoms with van der Waals surface area (Å²) in [6.45, 7) is 2.70. The molecule has 17 heavy (non-hydrogen) atoms. The minimum Gasteiger partial charge on any atom is -0.358 e. The van der Waals surface area contributed by atoms with Crippen LogP contribution in [-0.2, 0) is 4.79 Å². The molecule has 1 rings (SSSR count). The summed E-state index contributed by atoms with van der Waals surface area (Å²) in [5.41, 5.74) is -0.408. The Labute approximate surface area is 104 Å². The normalized spacial score (nSPS) is 10.1. The number of aromatic amines is 1. The van der Waals surface area contributed by atoms with Gasteiger partial charge >= 0.3 is 0 Å². The van der Waals surface area contributed by atoms with Crippen molar-refractivity contribution in [1.82, 2.24) is 15.3 Å². The molecule has 0 bridgehead atoms. The lowest BCUT2D eigenvalue weighted by molar-refractivity contribution is -0.119. The average molecular weight is 259 g/mol. The summed E-state index contributed by atoms with van der Waals surface area (Å²) in [7, 11) is 1.55. The van der Waals surface area contributed by atoms with Gasteiger partial charge in [-0.3, -0.25) is 9.59 Å². The Bertz CT molecular complexity index is 446. The fourth-order valence-electron chi connectivity index (χ4n) is 1.38. The van der Waals surface area contributed by atoms with Gasteiger partial charge in [-0.2, -0.15) is 0 Å². The number of hydrogen-bond donors (Lipinski definition) is 2. The van der Waals surface area contributed by atoms with Crippen LogP contribution in [0.1, 0.15) is 13.3 Å². The van der Waals surface area contributed by atoms with Gasteiger partial charge in [0.25, 0.3) is 5.56 Å². The molecule has 1 aromatic rings. The van der Waals surface area contributed by atoms with E-state index in [0.29, 0.717) is 12.4 Å². The van der Waals surface area contributed by atoms with Crippen LogP contribution in [0.2, 0.25) is 5.02 Å². The number of amides is 1. The molecule has 7 heteroatoms. The summed E-state index contributed by atoms with van der Waals surface area (Å²) in [4.78, 5) is 30.8. The van der Waals surface area contributed by atoms with Crippen LogP contribution in [0.5, 0.6) is 0 Å². The highest BCUT2D eigenvalue weighted by molar-refractivity contribution is 6.32. The molecular weight excluding hydrogens is 244 g/mol. The molecule has 0 saturated carbocycles. The molecule has 0 aliphatic heterocycles. The van der Waals surface area contributed by atoms with Crippen LogP contribution >= 0.6 is 11.6 Å². The van der Waals surface area contributed by atoms with Gasteiger partial charge in [-0.1, -0.05) is 18.5 Å². The Balaban J connectivity index is 3.00. The van der Waals surface area contributed by atoms with Crippen LogP contribution in [0, 0.1) is 0 Å². The van der Waals surface area contributed by atoms with Gasteiger partial charge in [-0.05, 0) is 6.42 Å². The smallest absolute Gasteiger partial charge is 0.271 e. The summed E-state index contributed by atoms with van der Waals surface area (Å²) in [5, 5.41) is 2.52. The SMILES string of the molecule is CCCN(CC(=O)NC)c1nc[nH]c(=O)c1Cl. The number of carbonyl (C=O) groups excluding carboxylic acids is 1. The summed E-state index contributed by atoms with van der Waals surface area (Å²) in [6.07, 6.45) is 2.10. The van der Waals surface area contributed by atoms with Crippen LogP contribution in [0.15, 0.2) is 11.1 Å². The fourth-order valence-corrected chi connectivity index (χ4v) is 1.60. The topological polar surface area (TPSA) is 78.1 Å². The van der Waals surface area contributed by atoms with Crippen molar-refractivity contribution in [1.29, 1.82) is 0 Å². The van der Waals surface area contributed by atoms with Gasteiger partial charge in [0.2, 0.25) is 5.91 Å². The molecule has 94 valence electrons. The summed E-state index contributed by atoms with van der Waals surface area (Å²) < 4.78 is 0. The Morgan fingerprint density at radius 1 is 1.65 bits per heavy atom. The molecule has 0 saturated heterocycles. The van der Waals surface area contributed by atoms with Crippen LogP contribution in [-0.4, -0.2) is 36.0 Å². The predicted molar refractivity (Wildman–Crippen MR) is 66.4 cm³/mol. The lowest BCUT2D eigenvalue weighted by atomic mass is 10.3. The Kier molecular flexibility index (Phi) is 4.96. The quantitative estimate of drug-likeness (QED) is 0.801. The molecule has 1 heterocycles. The van der Waals surface area contributed by atoms with Gasteiger partial charge in [-0.15, -0.1) is 0 Å². The van der Waals surface area contributed by atoms with Crippen molar-refractivity contribution in [2.75, 3.05) is 25.0 Å². The van der Waals surface area contributed by atoms with Crippen molar-refractivity contribution in [3.63, 3.8) is 0 Å². The average Bonchev–Trinajstić information content (AvgIpc) is 2.32. The molecule has 0 aliphatic carbocycles. The van der Waals surface area contributed by atoms with Crippen LogP contribution in [0.25, 0.3) is 0 Å². The molecule has 0 fully saturated rings. The number of rotatable bonds is 5. The maximum Gasteiger partial charge on any atom is 0.271 e. The van der Waals surface area contributed by atoms with E-state index in [1.165, 1.54) is 6.33 Å². The minimum absolute atomic E-state index is 0.00449. The van der Waals surface area contributed by atoms with Gasteiger partial charge in [0.1, 0.15) is 5.02 Å². The van der Waals surface area contributed by atoms with Crippen LogP contribution < -0.4 is 15.8 Å². The van der Waals surface area contributed by atoms with Gasteiger partial charge in [-0.25, -0.2) is 4.98 Å². The number of likely N-dealkylation sites (N-methyl/N-ethyl adjacent to an activating group) is 1. The van der Waals surface area contributed by atoms with Crippen molar-refractivity contribution in [2.45, 2.75) is 13.3 Å². The molecule has 0 radical (unpaired) electrons. The largest absolute Gasteiger partial charge is 0.358 e. The third-order valence-corrected chi connectivity index (χ3v) is 2.53. The number of H-pyrrole nitrogens is 1. The molecule has 2 N–H and O–H groups in total. The summed E-state index contributed by atoms with van der Waals surface area (Å²) >= 11 is 5.87. The van der Waals surface area contributed by atoms with Crippen molar-refractivity contribution in [3.8, 4) is 0 Å². The number of aromatic nitrogens is 2. The van der Waals surface area contributed by atoms with Crippen molar-refractivity contribution in [3.05, 3.63) is 21.7 Å². The standard InChI is InChI=1S/C10H15ClN4O2/c1-3-4-15(5-7(16)12-2)9-8(11)10(17)14-6-13-9/h6H,3-5H2,1-2H3,(H,12,16)(H,13,14,17). The maximum atomic E-state index is 11.4. The zero-order valence-electron chi connectivity index (χ0n) is 9.79. The second-order valence-corrected chi connectivity index (χ2v) is 3.84. The molecule has 1 amide bonds. The van der Waals surface area contributed by atoms with E-state index in [1.54, 1.807) is 11.9 Å². The first-order valence-electron chi connectivity index (χ1n) is 5.28. The van der Waals surface area contributed by atoms with Crippen molar-refractivity contribution >= 4 is 23.3 Å². The van der Waals surface area contributed by atoms with Gasteiger partial charge in [0, 0.05) is 13.6 Å². The molecule has 6 nitrogen and oxygen atoms in total. The van der Waals surface area contributed by atoms with Gasteiger partial charge < -0.3 is 15.2 Å². The third-order valence-electron chi connectivity index (χ3n) is 2.18. The molecule has 0 aliphatic rings. The Morgan fingerprint density at radius 2 is 2.35 bits per heavy atom. The molecule has 0 spiro atoms. The highest BCUT2D eigenvalue weighted by Crippen LogP contribution is 2.18. The van der Waals surface area contributed by atoms with E-state index in [1.807, 2.05) is 6.92 Å². The lowest BCUT2D eigenvalue weighted by Gasteiger charge is -2.22. The molecule has 1 aromatic heterocycles. The number of anilines is 1. The zero-order chi connectivity index (χ0) is 12.8. The second kappa shape index (κ2) is 6.24. The van der Waals surface area contributed by atoms with E-state index in [0.717, 1.165) is 6.42 Å². The van der Waals surface area contributed by atoms with E-state index < -0.39 is 5.56 Å². The number of nitrogens with one attached hydrogen (secondary N) is 2. The first-order chi connectivity index (χ1) is 8.10. The number of nitrogens with zero attached hydrogens (tertiary/aromatic N) is 2. The highest BCUT2D eigenvalue weighted by Gasteiger charge is 2.16. The predicted octanol–water partition coefficient (Wildman–Crippen LogP) is 0.386. The third kappa shape index (κ3) is 3.45.